The summed E-state index contributed by atoms with van der Waals surface area (Å²) in [5, 5.41) is 0. The van der Waals surface area contributed by atoms with Gasteiger partial charge in [-0.15, -0.1) is 0 Å². The maximum Gasteiger partial charge on any atom is 0.166 e. The van der Waals surface area contributed by atoms with Crippen LogP contribution in [0, 0.1) is 17.8 Å². The summed E-state index contributed by atoms with van der Waals surface area (Å²) in [5.74, 6) is 0.626. The second kappa shape index (κ2) is 8.11. The lowest BCUT2D eigenvalue weighted by Gasteiger charge is -2.21. The molecule has 1 aromatic carbocycles. The molecule has 1 saturated carbocycles. The van der Waals surface area contributed by atoms with E-state index in [-0.39, 0.29) is 23.5 Å². The number of rotatable bonds is 8. The molecule has 1 aliphatic carbocycles. The number of unbranched alkanes of at least 4 members (excludes halogenated alkanes) is 3. The van der Waals surface area contributed by atoms with Crippen LogP contribution in [0.1, 0.15) is 62.2 Å². The van der Waals surface area contributed by atoms with Crippen molar-refractivity contribution in [1.29, 1.82) is 0 Å². The zero-order valence-electron chi connectivity index (χ0n) is 13.0. The van der Waals surface area contributed by atoms with Crippen molar-refractivity contribution in [2.45, 2.75) is 51.9 Å². The number of Topliss-reactive ketones (excluding diaryl/α,β-unsaturated/α-hetero) is 1. The first kappa shape index (κ1) is 15.9. The van der Waals surface area contributed by atoms with Crippen molar-refractivity contribution in [2.75, 3.05) is 0 Å². The molecular weight excluding hydrogens is 260 g/mol. The Bertz CT molecular complexity index is 452. The normalized spacial score (nSPS) is 24.9. The zero-order valence-corrected chi connectivity index (χ0v) is 13.0. The molecule has 0 bridgehead atoms. The average Bonchev–Trinajstić information content (AvgIpc) is 2.94. The number of hydrogen-bond donors (Lipinski definition) is 0. The molecule has 1 aromatic rings. The molecule has 0 aromatic heterocycles. The van der Waals surface area contributed by atoms with Crippen LogP contribution >= 0.6 is 0 Å². The summed E-state index contributed by atoms with van der Waals surface area (Å²) in [6, 6.07) is 9.54. The Labute approximate surface area is 127 Å². The third-order valence-corrected chi connectivity index (χ3v) is 4.84. The highest BCUT2D eigenvalue weighted by Crippen LogP contribution is 2.41. The molecule has 114 valence electrons. The van der Waals surface area contributed by atoms with E-state index in [4.69, 9.17) is 0 Å². The monoisotopic (exact) mass is 286 g/mol. The Morgan fingerprint density at radius 3 is 2.57 bits per heavy atom. The van der Waals surface area contributed by atoms with Gasteiger partial charge in [0.05, 0.1) is 0 Å². The smallest absolute Gasteiger partial charge is 0.166 e. The van der Waals surface area contributed by atoms with Crippen molar-refractivity contribution in [2.24, 2.45) is 17.8 Å². The van der Waals surface area contributed by atoms with Gasteiger partial charge in [0.2, 0.25) is 0 Å². The van der Waals surface area contributed by atoms with Crippen molar-refractivity contribution in [3.63, 3.8) is 0 Å². The molecule has 0 aliphatic heterocycles. The van der Waals surface area contributed by atoms with E-state index in [0.29, 0.717) is 0 Å². The fraction of sp³-hybridized carbons (Fsp3) is 0.579. The third-order valence-electron chi connectivity index (χ3n) is 4.84. The maximum absolute atomic E-state index is 12.7. The van der Waals surface area contributed by atoms with Gasteiger partial charge in [-0.1, -0.05) is 62.9 Å². The van der Waals surface area contributed by atoms with Crippen molar-refractivity contribution in [3.05, 3.63) is 35.9 Å². The van der Waals surface area contributed by atoms with Gasteiger partial charge in [0.25, 0.3) is 0 Å². The molecule has 2 heteroatoms. The van der Waals surface area contributed by atoms with Crippen LogP contribution in [0.2, 0.25) is 0 Å². The lowest BCUT2D eigenvalue weighted by Crippen LogP contribution is -2.23. The molecule has 1 aliphatic rings. The highest BCUT2D eigenvalue weighted by atomic mass is 16.1. The van der Waals surface area contributed by atoms with E-state index >= 15 is 0 Å². The van der Waals surface area contributed by atoms with Crippen LogP contribution in [0.5, 0.6) is 0 Å². The largest absolute Gasteiger partial charge is 0.303 e. The number of hydrogen-bond acceptors (Lipinski definition) is 2. The second-order valence-electron chi connectivity index (χ2n) is 6.23. The van der Waals surface area contributed by atoms with Gasteiger partial charge in [-0.05, 0) is 25.2 Å². The SMILES string of the molecule is CCCCCC[C@@H]1[C@@H](C=O)CC[C@H]1C(=O)c1ccccc1. The number of carbonyl (C=O) groups excluding carboxylic acids is 2. The highest BCUT2D eigenvalue weighted by Gasteiger charge is 2.39. The molecule has 0 amide bonds. The first-order valence-corrected chi connectivity index (χ1v) is 8.32. The van der Waals surface area contributed by atoms with Crippen LogP contribution in [0.25, 0.3) is 0 Å². The lowest BCUT2D eigenvalue weighted by atomic mass is 9.81. The van der Waals surface area contributed by atoms with Crippen molar-refractivity contribution < 1.29 is 9.59 Å². The number of carbonyl (C=O) groups is 2. The molecule has 0 saturated heterocycles. The van der Waals surface area contributed by atoms with Crippen LogP contribution in [0.15, 0.2) is 30.3 Å². The van der Waals surface area contributed by atoms with Crippen molar-refractivity contribution in [1.82, 2.24) is 0 Å². The Morgan fingerprint density at radius 1 is 1.14 bits per heavy atom. The zero-order chi connectivity index (χ0) is 15.1. The number of aldehydes is 1. The van der Waals surface area contributed by atoms with E-state index in [1.807, 2.05) is 30.3 Å². The van der Waals surface area contributed by atoms with E-state index in [1.165, 1.54) is 19.3 Å². The topological polar surface area (TPSA) is 34.1 Å². The van der Waals surface area contributed by atoms with Crippen molar-refractivity contribution >= 4 is 12.1 Å². The molecule has 1 fully saturated rings. The van der Waals surface area contributed by atoms with Gasteiger partial charge in [-0.2, -0.15) is 0 Å². The standard InChI is InChI=1S/C19H26O2/c1-2-3-4-8-11-17-16(14-20)12-13-18(17)19(21)15-9-6-5-7-10-15/h5-7,9-10,14,16-18H,2-4,8,11-13H2,1H3/t16-,17-,18-/m1/s1. The minimum absolute atomic E-state index is 0.0456. The van der Waals surface area contributed by atoms with Gasteiger partial charge < -0.3 is 4.79 Å². The Kier molecular flexibility index (Phi) is 6.16. The number of ketones is 1. The van der Waals surface area contributed by atoms with Gasteiger partial charge in [0, 0.05) is 17.4 Å². The first-order valence-electron chi connectivity index (χ1n) is 8.32. The van der Waals surface area contributed by atoms with Crippen LogP contribution in [0.3, 0.4) is 0 Å². The molecule has 3 atom stereocenters. The van der Waals surface area contributed by atoms with E-state index < -0.39 is 0 Å². The van der Waals surface area contributed by atoms with Gasteiger partial charge in [0.1, 0.15) is 6.29 Å². The summed E-state index contributed by atoms with van der Waals surface area (Å²) in [6.07, 6.45) is 8.67. The van der Waals surface area contributed by atoms with Gasteiger partial charge >= 0.3 is 0 Å². The van der Waals surface area contributed by atoms with E-state index in [0.717, 1.165) is 37.5 Å². The molecule has 0 heterocycles. The quantitative estimate of drug-likeness (QED) is 0.395. The Hall–Kier alpha value is -1.44. The maximum atomic E-state index is 12.7. The van der Waals surface area contributed by atoms with Gasteiger partial charge in [-0.25, -0.2) is 0 Å². The third kappa shape index (κ3) is 4.03. The molecule has 21 heavy (non-hydrogen) atoms. The predicted molar refractivity (Wildman–Crippen MR) is 85.3 cm³/mol. The van der Waals surface area contributed by atoms with Gasteiger partial charge in [0.15, 0.2) is 5.78 Å². The van der Waals surface area contributed by atoms with Crippen LogP contribution in [0.4, 0.5) is 0 Å². The molecule has 0 spiro atoms. The highest BCUT2D eigenvalue weighted by molar-refractivity contribution is 5.98. The van der Waals surface area contributed by atoms with Crippen LogP contribution < -0.4 is 0 Å². The van der Waals surface area contributed by atoms with Gasteiger partial charge in [-0.3, -0.25) is 4.79 Å². The summed E-state index contributed by atoms with van der Waals surface area (Å²) in [4.78, 5) is 24.0. The summed E-state index contributed by atoms with van der Waals surface area (Å²) in [7, 11) is 0. The first-order chi connectivity index (χ1) is 10.3. The molecule has 2 rings (SSSR count). The van der Waals surface area contributed by atoms with Crippen molar-refractivity contribution in [3.8, 4) is 0 Å². The summed E-state index contributed by atoms with van der Waals surface area (Å²) < 4.78 is 0. The Morgan fingerprint density at radius 2 is 1.90 bits per heavy atom. The molecular formula is C19H26O2. The molecule has 0 radical (unpaired) electrons. The lowest BCUT2D eigenvalue weighted by molar-refractivity contribution is -0.112. The predicted octanol–water partition coefficient (Wildman–Crippen LogP) is 4.68. The minimum atomic E-state index is 0.0456. The second-order valence-corrected chi connectivity index (χ2v) is 6.23. The van der Waals surface area contributed by atoms with Crippen LogP contribution in [-0.2, 0) is 4.79 Å². The summed E-state index contributed by atoms with van der Waals surface area (Å²) in [5.41, 5.74) is 0.799. The summed E-state index contributed by atoms with van der Waals surface area (Å²) >= 11 is 0. The average molecular weight is 286 g/mol. The molecule has 0 unspecified atom stereocenters. The number of benzene rings is 1. The minimum Gasteiger partial charge on any atom is -0.303 e. The Balaban J connectivity index is 2.02. The fourth-order valence-electron chi connectivity index (χ4n) is 3.63. The molecule has 0 N–H and O–H groups in total. The fourth-order valence-corrected chi connectivity index (χ4v) is 3.63. The van der Waals surface area contributed by atoms with E-state index in [1.54, 1.807) is 0 Å². The molecule has 2 nitrogen and oxygen atoms in total. The van der Waals surface area contributed by atoms with E-state index in [2.05, 4.69) is 6.92 Å². The van der Waals surface area contributed by atoms with E-state index in [9.17, 15) is 9.59 Å². The van der Waals surface area contributed by atoms with Crippen LogP contribution in [-0.4, -0.2) is 12.1 Å². The summed E-state index contributed by atoms with van der Waals surface area (Å²) in [6.45, 7) is 2.20.